The number of fused-ring (bicyclic) bond motifs is 1. The summed E-state index contributed by atoms with van der Waals surface area (Å²) in [4.78, 5) is 21.1. The van der Waals surface area contributed by atoms with Crippen LogP contribution in [-0.4, -0.2) is 65.3 Å². The van der Waals surface area contributed by atoms with Crippen LogP contribution >= 0.6 is 0 Å². The highest BCUT2D eigenvalue weighted by Crippen LogP contribution is 2.38. The number of carbonyl (C=O) groups is 1. The molecule has 180 valence electrons. The summed E-state index contributed by atoms with van der Waals surface area (Å²) < 4.78 is 40.5. The van der Waals surface area contributed by atoms with Crippen molar-refractivity contribution in [2.45, 2.75) is 57.5 Å². The minimum atomic E-state index is -4.47. The second-order valence-electron chi connectivity index (χ2n) is 9.42. The molecule has 33 heavy (non-hydrogen) atoms. The molecule has 0 unspecified atom stereocenters. The van der Waals surface area contributed by atoms with E-state index in [1.165, 1.54) is 12.3 Å². The Balaban J connectivity index is 1.51. The molecule has 4 rings (SSSR count). The van der Waals surface area contributed by atoms with E-state index in [1.54, 1.807) is 12.1 Å². The summed E-state index contributed by atoms with van der Waals surface area (Å²) in [6, 6.07) is 5.55. The number of aliphatic hydroxyl groups excluding tert-OH is 1. The van der Waals surface area contributed by atoms with Crippen LogP contribution in [0.2, 0.25) is 0 Å². The van der Waals surface area contributed by atoms with Gasteiger partial charge in [-0.05, 0) is 56.4 Å². The van der Waals surface area contributed by atoms with Crippen molar-refractivity contribution in [2.75, 3.05) is 31.1 Å². The number of piperidine rings is 2. The first-order valence-electron chi connectivity index (χ1n) is 11.6. The molecule has 0 saturated carbocycles. The van der Waals surface area contributed by atoms with Gasteiger partial charge in [-0.3, -0.25) is 14.7 Å². The molecule has 2 aliphatic rings. The number of amides is 1. The van der Waals surface area contributed by atoms with Crippen LogP contribution < -0.4 is 10.2 Å². The molecule has 9 heteroatoms. The second-order valence-corrected chi connectivity index (χ2v) is 9.42. The van der Waals surface area contributed by atoms with E-state index in [0.29, 0.717) is 50.1 Å². The lowest BCUT2D eigenvalue weighted by Crippen LogP contribution is -2.55. The Morgan fingerprint density at radius 3 is 2.64 bits per heavy atom. The van der Waals surface area contributed by atoms with Crippen LogP contribution in [0.4, 0.5) is 18.9 Å². The fourth-order valence-corrected chi connectivity index (χ4v) is 5.08. The summed E-state index contributed by atoms with van der Waals surface area (Å²) in [5.41, 5.74) is -0.0885. The van der Waals surface area contributed by atoms with Gasteiger partial charge in [0.2, 0.25) is 5.91 Å². The maximum Gasteiger partial charge on any atom is 0.418 e. The molecule has 2 aromatic rings. The number of aromatic nitrogens is 1. The van der Waals surface area contributed by atoms with E-state index >= 15 is 0 Å². The van der Waals surface area contributed by atoms with Gasteiger partial charge >= 0.3 is 6.18 Å². The van der Waals surface area contributed by atoms with Gasteiger partial charge in [-0.1, -0.05) is 6.92 Å². The number of nitrogens with zero attached hydrogens (tertiary/aromatic N) is 3. The van der Waals surface area contributed by atoms with Crippen molar-refractivity contribution in [3.63, 3.8) is 0 Å². The first-order valence-corrected chi connectivity index (χ1v) is 11.6. The van der Waals surface area contributed by atoms with Gasteiger partial charge in [-0.2, -0.15) is 13.2 Å². The maximum absolute atomic E-state index is 13.5. The highest BCUT2D eigenvalue weighted by atomic mass is 19.4. The number of halogens is 3. The van der Waals surface area contributed by atoms with Crippen molar-refractivity contribution in [1.29, 1.82) is 0 Å². The molecule has 2 fully saturated rings. The molecule has 0 spiro atoms. The first kappa shape index (κ1) is 23.8. The van der Waals surface area contributed by atoms with E-state index in [1.807, 2.05) is 6.92 Å². The van der Waals surface area contributed by atoms with E-state index in [4.69, 9.17) is 0 Å². The molecule has 0 bridgehead atoms. The Kier molecular flexibility index (Phi) is 6.81. The molecule has 6 nitrogen and oxygen atoms in total. The molecule has 3 heterocycles. The molecule has 1 aromatic heterocycles. The summed E-state index contributed by atoms with van der Waals surface area (Å²) in [5.74, 6) is 0.211. The highest BCUT2D eigenvalue weighted by Gasteiger charge is 2.35. The van der Waals surface area contributed by atoms with Crippen LogP contribution in [0.15, 0.2) is 30.5 Å². The van der Waals surface area contributed by atoms with Gasteiger partial charge in [0.1, 0.15) is 0 Å². The van der Waals surface area contributed by atoms with E-state index < -0.39 is 11.7 Å². The van der Waals surface area contributed by atoms with E-state index in [2.05, 4.69) is 27.0 Å². The fraction of sp³-hybridized carbons (Fsp3) is 0.583. The standard InChI is InChI=1S/C24H31F3N4O2/c1-15-12-17(29-23(33)16(2)30-10-7-18(32)8-11-30)14-31(13-15)21-6-5-20(24(25,26)27)22-19(21)4-3-9-28-22/h3-6,9,15-18,32H,7-8,10-14H2,1-2H3,(H,29,33)/t15-,16-,17+/m0/s1. The summed E-state index contributed by atoms with van der Waals surface area (Å²) >= 11 is 0. The van der Waals surface area contributed by atoms with Gasteiger partial charge in [0.25, 0.3) is 0 Å². The number of pyridine rings is 1. The Morgan fingerprint density at radius 2 is 1.94 bits per heavy atom. The smallest absolute Gasteiger partial charge is 0.393 e. The van der Waals surface area contributed by atoms with Crippen LogP contribution in [-0.2, 0) is 11.0 Å². The predicted molar refractivity (Wildman–Crippen MR) is 121 cm³/mol. The van der Waals surface area contributed by atoms with Crippen LogP contribution in [0.5, 0.6) is 0 Å². The molecule has 2 N–H and O–H groups in total. The Bertz CT molecular complexity index is 991. The summed E-state index contributed by atoms with van der Waals surface area (Å²) in [7, 11) is 0. The number of hydrogen-bond acceptors (Lipinski definition) is 5. The molecular formula is C24H31F3N4O2. The topological polar surface area (TPSA) is 68.7 Å². The van der Waals surface area contributed by atoms with Gasteiger partial charge < -0.3 is 15.3 Å². The molecule has 3 atom stereocenters. The average molecular weight is 465 g/mol. The van der Waals surface area contributed by atoms with Crippen molar-refractivity contribution in [2.24, 2.45) is 5.92 Å². The zero-order chi connectivity index (χ0) is 23.8. The molecule has 1 aromatic carbocycles. The van der Waals surface area contributed by atoms with Crippen molar-refractivity contribution in [3.8, 4) is 0 Å². The minimum Gasteiger partial charge on any atom is -0.393 e. The molecule has 2 saturated heterocycles. The molecule has 0 aliphatic carbocycles. The number of benzene rings is 1. The molecular weight excluding hydrogens is 433 g/mol. The van der Waals surface area contributed by atoms with Gasteiger partial charge in [0.15, 0.2) is 0 Å². The molecule has 2 aliphatic heterocycles. The number of likely N-dealkylation sites (tertiary alicyclic amines) is 1. The number of aliphatic hydroxyl groups is 1. The van der Waals surface area contributed by atoms with Gasteiger partial charge in [-0.25, -0.2) is 0 Å². The summed E-state index contributed by atoms with van der Waals surface area (Å²) in [5, 5.41) is 13.3. The lowest BCUT2D eigenvalue weighted by molar-refractivity contribution is -0.136. The molecule has 0 radical (unpaired) electrons. The summed E-state index contributed by atoms with van der Waals surface area (Å²) in [6.07, 6.45) is -1.24. The SMILES string of the molecule is C[C@H]1C[C@@H](NC(=O)[C@H](C)N2CCC(O)CC2)CN(c2ccc(C(F)(F)F)c3ncccc23)C1. The number of anilines is 1. The van der Waals surface area contributed by atoms with Crippen LogP contribution in [0.1, 0.15) is 38.7 Å². The third-order valence-electron chi connectivity index (χ3n) is 6.83. The fourth-order valence-electron chi connectivity index (χ4n) is 5.08. The monoisotopic (exact) mass is 464 g/mol. The Labute approximate surface area is 191 Å². The van der Waals surface area contributed by atoms with Gasteiger partial charge in [0.05, 0.1) is 23.2 Å². The Hall–Kier alpha value is -2.39. The van der Waals surface area contributed by atoms with Crippen molar-refractivity contribution in [1.82, 2.24) is 15.2 Å². The van der Waals surface area contributed by atoms with E-state index in [0.717, 1.165) is 12.5 Å². The quantitative estimate of drug-likeness (QED) is 0.726. The van der Waals surface area contributed by atoms with Crippen LogP contribution in [0.3, 0.4) is 0 Å². The summed E-state index contributed by atoms with van der Waals surface area (Å²) in [6.45, 7) is 6.57. The lowest BCUT2D eigenvalue weighted by Gasteiger charge is -2.40. The third-order valence-corrected chi connectivity index (χ3v) is 6.83. The number of carbonyl (C=O) groups excluding carboxylic acids is 1. The van der Waals surface area contributed by atoms with Crippen molar-refractivity contribution >= 4 is 22.5 Å². The van der Waals surface area contributed by atoms with Gasteiger partial charge in [-0.15, -0.1) is 0 Å². The number of hydrogen-bond donors (Lipinski definition) is 2. The maximum atomic E-state index is 13.5. The molecule has 1 amide bonds. The van der Waals surface area contributed by atoms with E-state index in [9.17, 15) is 23.1 Å². The zero-order valence-corrected chi connectivity index (χ0v) is 19.0. The highest BCUT2D eigenvalue weighted by molar-refractivity contribution is 5.94. The van der Waals surface area contributed by atoms with Crippen LogP contribution in [0, 0.1) is 5.92 Å². The third kappa shape index (κ3) is 5.24. The second kappa shape index (κ2) is 9.46. The normalized spacial score (nSPS) is 24.1. The largest absolute Gasteiger partial charge is 0.418 e. The van der Waals surface area contributed by atoms with Crippen LogP contribution in [0.25, 0.3) is 10.9 Å². The average Bonchev–Trinajstić information content (AvgIpc) is 2.77. The number of rotatable bonds is 4. The number of alkyl halides is 3. The van der Waals surface area contributed by atoms with Crippen molar-refractivity contribution in [3.05, 3.63) is 36.0 Å². The van der Waals surface area contributed by atoms with Gasteiger partial charge in [0, 0.05) is 49.5 Å². The Morgan fingerprint density at radius 1 is 1.21 bits per heavy atom. The predicted octanol–water partition coefficient (Wildman–Crippen LogP) is 3.43. The number of nitrogens with one attached hydrogen (secondary N) is 1. The van der Waals surface area contributed by atoms with Crippen molar-refractivity contribution < 1.29 is 23.1 Å². The van der Waals surface area contributed by atoms with E-state index in [-0.39, 0.29) is 35.5 Å². The zero-order valence-electron chi connectivity index (χ0n) is 19.0. The first-order chi connectivity index (χ1) is 15.6. The lowest BCUT2D eigenvalue weighted by atomic mass is 9.94. The minimum absolute atomic E-state index is 0.0515.